The van der Waals surface area contributed by atoms with Gasteiger partial charge in [-0.2, -0.15) is 0 Å². The van der Waals surface area contributed by atoms with Gasteiger partial charge in [0.15, 0.2) is 5.96 Å². The maximum atomic E-state index is 6.15. The quantitative estimate of drug-likeness (QED) is 0.357. The zero-order valence-electron chi connectivity index (χ0n) is 18.4. The van der Waals surface area contributed by atoms with E-state index in [4.69, 9.17) is 9.47 Å². The molecule has 6 nitrogen and oxygen atoms in total. The van der Waals surface area contributed by atoms with Gasteiger partial charge in [0.05, 0.1) is 19.3 Å². The van der Waals surface area contributed by atoms with Crippen LogP contribution in [0.1, 0.15) is 45.7 Å². The van der Waals surface area contributed by atoms with Crippen molar-refractivity contribution < 1.29 is 9.47 Å². The Hall–Kier alpha value is -1.06. The highest BCUT2D eigenvalue weighted by molar-refractivity contribution is 14.0. The molecule has 1 aromatic carbocycles. The summed E-state index contributed by atoms with van der Waals surface area (Å²) in [7, 11) is 1.84. The molecule has 29 heavy (non-hydrogen) atoms. The molecule has 2 atom stereocenters. The SMILES string of the molecule is CN=C(NCC(C(C)C)N1CCOCC1)NC1CC(C)(C)Oc2ccccc21.I. The molecule has 2 aliphatic rings. The van der Waals surface area contributed by atoms with Crippen LogP contribution in [0.3, 0.4) is 0 Å². The number of para-hydroxylation sites is 1. The number of halogens is 1. The molecule has 0 spiro atoms. The Kier molecular flexibility index (Phi) is 9.03. The second-order valence-electron chi connectivity index (χ2n) is 8.71. The number of rotatable bonds is 5. The van der Waals surface area contributed by atoms with E-state index in [0.717, 1.165) is 51.0 Å². The lowest BCUT2D eigenvalue weighted by molar-refractivity contribution is 0.00749. The highest BCUT2D eigenvalue weighted by Crippen LogP contribution is 2.39. The summed E-state index contributed by atoms with van der Waals surface area (Å²) in [5.74, 6) is 2.36. The highest BCUT2D eigenvalue weighted by atomic mass is 127. The van der Waals surface area contributed by atoms with Gasteiger partial charge in [-0.05, 0) is 25.8 Å². The third-order valence-electron chi connectivity index (χ3n) is 5.67. The summed E-state index contributed by atoms with van der Waals surface area (Å²) in [5, 5.41) is 7.20. The van der Waals surface area contributed by atoms with Crippen LogP contribution in [-0.4, -0.2) is 62.4 Å². The van der Waals surface area contributed by atoms with Gasteiger partial charge in [-0.25, -0.2) is 0 Å². The fourth-order valence-electron chi connectivity index (χ4n) is 4.19. The van der Waals surface area contributed by atoms with Gasteiger partial charge in [0, 0.05) is 44.7 Å². The molecule has 1 aromatic rings. The molecule has 0 radical (unpaired) electrons. The number of guanidine groups is 1. The first-order valence-corrected chi connectivity index (χ1v) is 10.5. The van der Waals surface area contributed by atoms with Crippen molar-refractivity contribution in [3.63, 3.8) is 0 Å². The monoisotopic (exact) mass is 516 g/mol. The lowest BCUT2D eigenvalue weighted by Crippen LogP contribution is -2.53. The Morgan fingerprint density at radius 1 is 1.24 bits per heavy atom. The average molecular weight is 516 g/mol. The minimum absolute atomic E-state index is 0. The number of ether oxygens (including phenoxy) is 2. The van der Waals surface area contributed by atoms with Crippen molar-refractivity contribution in [2.75, 3.05) is 39.9 Å². The molecule has 164 valence electrons. The van der Waals surface area contributed by atoms with Crippen LogP contribution < -0.4 is 15.4 Å². The van der Waals surface area contributed by atoms with Crippen molar-refractivity contribution in [3.05, 3.63) is 29.8 Å². The molecular weight excluding hydrogens is 479 g/mol. The fraction of sp³-hybridized carbons (Fsp3) is 0.682. The van der Waals surface area contributed by atoms with Crippen LogP contribution in [0, 0.1) is 5.92 Å². The summed E-state index contributed by atoms with van der Waals surface area (Å²) in [5.41, 5.74) is 0.984. The summed E-state index contributed by atoms with van der Waals surface area (Å²) in [4.78, 5) is 7.02. The van der Waals surface area contributed by atoms with Crippen LogP contribution in [0.2, 0.25) is 0 Å². The molecule has 3 rings (SSSR count). The lowest BCUT2D eigenvalue weighted by Gasteiger charge is -2.39. The molecule has 0 aromatic heterocycles. The minimum atomic E-state index is -0.209. The van der Waals surface area contributed by atoms with E-state index in [2.05, 4.69) is 60.4 Å². The van der Waals surface area contributed by atoms with Gasteiger partial charge in [-0.15, -0.1) is 24.0 Å². The maximum absolute atomic E-state index is 6.15. The Labute approximate surface area is 192 Å². The van der Waals surface area contributed by atoms with E-state index >= 15 is 0 Å². The summed E-state index contributed by atoms with van der Waals surface area (Å²) in [6, 6.07) is 8.92. The second-order valence-corrected chi connectivity index (χ2v) is 8.71. The number of hydrogen-bond acceptors (Lipinski definition) is 4. The first-order valence-electron chi connectivity index (χ1n) is 10.5. The number of hydrogen-bond donors (Lipinski definition) is 2. The Bertz CT molecular complexity index is 675. The smallest absolute Gasteiger partial charge is 0.191 e. The van der Waals surface area contributed by atoms with Crippen molar-refractivity contribution >= 4 is 29.9 Å². The van der Waals surface area contributed by atoms with Crippen molar-refractivity contribution in [1.82, 2.24) is 15.5 Å². The van der Waals surface area contributed by atoms with Gasteiger partial charge in [-0.1, -0.05) is 32.0 Å². The maximum Gasteiger partial charge on any atom is 0.191 e. The van der Waals surface area contributed by atoms with Crippen molar-refractivity contribution in [2.24, 2.45) is 10.9 Å². The van der Waals surface area contributed by atoms with Crippen LogP contribution in [-0.2, 0) is 4.74 Å². The molecule has 0 aliphatic carbocycles. The van der Waals surface area contributed by atoms with E-state index in [1.807, 2.05) is 19.2 Å². The molecule has 7 heteroatoms. The molecule has 2 heterocycles. The van der Waals surface area contributed by atoms with E-state index in [1.165, 1.54) is 5.56 Å². The van der Waals surface area contributed by atoms with E-state index in [9.17, 15) is 0 Å². The summed E-state index contributed by atoms with van der Waals surface area (Å²) >= 11 is 0. The Morgan fingerprint density at radius 3 is 2.59 bits per heavy atom. The molecule has 0 bridgehead atoms. The molecule has 0 amide bonds. The zero-order chi connectivity index (χ0) is 20.1. The zero-order valence-corrected chi connectivity index (χ0v) is 20.7. The Balaban J connectivity index is 0.00000300. The number of benzene rings is 1. The van der Waals surface area contributed by atoms with Crippen LogP contribution in [0.5, 0.6) is 5.75 Å². The van der Waals surface area contributed by atoms with Gasteiger partial charge in [-0.3, -0.25) is 9.89 Å². The van der Waals surface area contributed by atoms with Gasteiger partial charge < -0.3 is 20.1 Å². The van der Waals surface area contributed by atoms with Crippen LogP contribution in [0.15, 0.2) is 29.3 Å². The first-order chi connectivity index (χ1) is 13.4. The molecule has 2 aliphatic heterocycles. The number of morpholine rings is 1. The largest absolute Gasteiger partial charge is 0.487 e. The van der Waals surface area contributed by atoms with Crippen LogP contribution in [0.4, 0.5) is 0 Å². The van der Waals surface area contributed by atoms with Crippen molar-refractivity contribution in [3.8, 4) is 5.75 Å². The summed E-state index contributed by atoms with van der Waals surface area (Å²) < 4.78 is 11.7. The highest BCUT2D eigenvalue weighted by Gasteiger charge is 2.34. The number of nitrogens with zero attached hydrogens (tertiary/aromatic N) is 2. The van der Waals surface area contributed by atoms with E-state index < -0.39 is 0 Å². The molecule has 2 N–H and O–H groups in total. The predicted molar refractivity (Wildman–Crippen MR) is 129 cm³/mol. The van der Waals surface area contributed by atoms with Crippen LogP contribution in [0.25, 0.3) is 0 Å². The molecule has 0 saturated carbocycles. The number of aliphatic imine (C=N–C) groups is 1. The van der Waals surface area contributed by atoms with Gasteiger partial charge in [0.1, 0.15) is 11.4 Å². The Morgan fingerprint density at radius 2 is 1.93 bits per heavy atom. The molecular formula is C22H37IN4O2. The van der Waals surface area contributed by atoms with Crippen molar-refractivity contribution in [2.45, 2.75) is 51.8 Å². The van der Waals surface area contributed by atoms with Crippen LogP contribution >= 0.6 is 24.0 Å². The molecule has 1 fully saturated rings. The van der Waals surface area contributed by atoms with Gasteiger partial charge in [0.25, 0.3) is 0 Å². The van der Waals surface area contributed by atoms with Crippen molar-refractivity contribution in [1.29, 1.82) is 0 Å². The van der Waals surface area contributed by atoms with E-state index in [0.29, 0.717) is 12.0 Å². The topological polar surface area (TPSA) is 58.1 Å². The lowest BCUT2D eigenvalue weighted by atomic mass is 9.90. The third-order valence-corrected chi connectivity index (χ3v) is 5.67. The second kappa shape index (κ2) is 10.8. The normalized spacial score (nSPS) is 22.8. The summed E-state index contributed by atoms with van der Waals surface area (Å²) in [6.07, 6.45) is 0.891. The first kappa shape index (κ1) is 24.2. The molecule has 2 unspecified atom stereocenters. The summed E-state index contributed by atoms with van der Waals surface area (Å²) in [6.45, 7) is 13.4. The minimum Gasteiger partial charge on any atom is -0.487 e. The number of fused-ring (bicyclic) bond motifs is 1. The van der Waals surface area contributed by atoms with E-state index in [-0.39, 0.29) is 35.6 Å². The molecule has 1 saturated heterocycles. The van der Waals surface area contributed by atoms with Gasteiger partial charge in [0.2, 0.25) is 0 Å². The number of nitrogens with one attached hydrogen (secondary N) is 2. The van der Waals surface area contributed by atoms with E-state index in [1.54, 1.807) is 0 Å². The van der Waals surface area contributed by atoms with Gasteiger partial charge >= 0.3 is 0 Å². The average Bonchev–Trinajstić information content (AvgIpc) is 2.66. The predicted octanol–water partition coefficient (Wildman–Crippen LogP) is 3.43. The fourth-order valence-corrected chi connectivity index (χ4v) is 4.19. The standard InChI is InChI=1S/C22H36N4O2.HI/c1-16(2)19(26-10-12-27-13-11-26)15-24-21(23-5)25-18-14-22(3,4)28-20-9-7-6-8-17(18)20;/h6-9,16,18-19H,10-15H2,1-5H3,(H2,23,24,25);1H. The third kappa shape index (κ3) is 6.46.